The molecule has 1 aromatic heterocycles. The molecule has 3 heterocycles. The number of benzene rings is 2. The van der Waals surface area contributed by atoms with Gasteiger partial charge in [-0.05, 0) is 105 Å². The number of aromatic nitrogens is 2. The molecule has 1 fully saturated rings. The van der Waals surface area contributed by atoms with E-state index in [1.807, 2.05) is 25.1 Å². The van der Waals surface area contributed by atoms with Crippen LogP contribution in [0.25, 0.3) is 0 Å². The molecule has 0 radical (unpaired) electrons. The van der Waals surface area contributed by atoms with Crippen LogP contribution in [0, 0.1) is 18.8 Å². The second-order valence-electron chi connectivity index (χ2n) is 13.8. The van der Waals surface area contributed by atoms with E-state index in [9.17, 15) is 13.2 Å². The Morgan fingerprint density at radius 2 is 2.02 bits per heavy atom. The van der Waals surface area contributed by atoms with Crippen molar-refractivity contribution in [3.05, 3.63) is 82.0 Å². The molecule has 5 atom stereocenters. The maximum absolute atomic E-state index is 13.5. The smallest absolute Gasteiger partial charge is 0.264 e. The number of hydrogen-bond donors (Lipinski definition) is 1. The summed E-state index contributed by atoms with van der Waals surface area (Å²) in [5.41, 5.74) is 3.34. The summed E-state index contributed by atoms with van der Waals surface area (Å²) in [5, 5.41) is 8.09. The lowest BCUT2D eigenvalue weighted by molar-refractivity contribution is -0.0295. The molecule has 1 saturated carbocycles. The van der Waals surface area contributed by atoms with Crippen molar-refractivity contribution in [2.45, 2.75) is 88.6 Å². The summed E-state index contributed by atoms with van der Waals surface area (Å²) < 4.78 is 47.9. The summed E-state index contributed by atoms with van der Waals surface area (Å²) in [5.74, 6) is 1.54. The number of rotatable bonds is 4. The Labute approximate surface area is 287 Å². The van der Waals surface area contributed by atoms with Crippen LogP contribution < -0.4 is 14.4 Å². The predicted octanol–water partition coefficient (Wildman–Crippen LogP) is 6.30. The number of fused-ring (bicyclic) bond motifs is 4. The summed E-state index contributed by atoms with van der Waals surface area (Å²) >= 11 is 6.44. The van der Waals surface area contributed by atoms with Crippen molar-refractivity contribution in [2.24, 2.45) is 11.8 Å². The van der Waals surface area contributed by atoms with Gasteiger partial charge in [-0.25, -0.2) is 13.1 Å². The average Bonchev–Trinajstić information content (AvgIpc) is 3.40. The van der Waals surface area contributed by atoms with Crippen LogP contribution in [0.5, 0.6) is 5.75 Å². The summed E-state index contributed by atoms with van der Waals surface area (Å²) in [4.78, 5) is 15.9. The molecule has 2 aliphatic carbocycles. The number of nitrogens with zero attached hydrogens (tertiary/aromatic N) is 3. The molecule has 256 valence electrons. The first-order chi connectivity index (χ1) is 23.1. The van der Waals surface area contributed by atoms with Gasteiger partial charge in [-0.15, -0.1) is 10.2 Å². The zero-order valence-corrected chi connectivity index (χ0v) is 29.1. The number of halogens is 1. The molecule has 3 aromatic rings. The van der Waals surface area contributed by atoms with E-state index < -0.39 is 21.2 Å². The fraction of sp³-hybridized carbons (Fsp3) is 0.528. The topological polar surface area (TPSA) is 124 Å². The maximum Gasteiger partial charge on any atom is 0.264 e. The highest BCUT2D eigenvalue weighted by Crippen LogP contribution is 2.47. The third-order valence-electron chi connectivity index (χ3n) is 10.7. The van der Waals surface area contributed by atoms with Crippen molar-refractivity contribution >= 4 is 33.2 Å². The Morgan fingerprint density at radius 3 is 2.79 bits per heavy atom. The molecule has 2 aliphatic heterocycles. The van der Waals surface area contributed by atoms with E-state index in [1.165, 1.54) is 11.1 Å². The summed E-state index contributed by atoms with van der Waals surface area (Å²) in [7, 11) is -3.91. The summed E-state index contributed by atoms with van der Waals surface area (Å²) in [6.45, 7) is 5.71. The molecule has 1 amide bonds. The van der Waals surface area contributed by atoms with Gasteiger partial charge in [-0.2, -0.15) is 0 Å². The van der Waals surface area contributed by atoms with E-state index in [1.54, 1.807) is 19.1 Å². The Kier molecular flexibility index (Phi) is 9.30. The summed E-state index contributed by atoms with van der Waals surface area (Å²) in [6.07, 6.45) is 10.2. The molecule has 12 heteroatoms. The van der Waals surface area contributed by atoms with E-state index in [0.29, 0.717) is 61.4 Å². The highest BCUT2D eigenvalue weighted by Gasteiger charge is 2.44. The van der Waals surface area contributed by atoms with E-state index in [0.717, 1.165) is 49.4 Å². The van der Waals surface area contributed by atoms with Gasteiger partial charge in [0.2, 0.25) is 21.8 Å². The highest BCUT2D eigenvalue weighted by molar-refractivity contribution is 7.90. The SMILES string of the molecule is CC[C@@H]1CC/C=C\[C@H](OCc2nnc(C)o2)[C@@H]2CC[C@H]2CN2C[C@@]3(CCCc4cc(Cl)ccc43)COc3ccc(cc32)C(=O)NS1(=O)=O. The molecule has 10 nitrogen and oxygen atoms in total. The van der Waals surface area contributed by atoms with Crippen molar-refractivity contribution in [3.63, 3.8) is 0 Å². The Morgan fingerprint density at radius 1 is 1.15 bits per heavy atom. The van der Waals surface area contributed by atoms with Crippen molar-refractivity contribution in [1.29, 1.82) is 0 Å². The van der Waals surface area contributed by atoms with Crippen LogP contribution >= 0.6 is 11.6 Å². The van der Waals surface area contributed by atoms with Crippen molar-refractivity contribution < 1.29 is 27.1 Å². The quantitative estimate of drug-likeness (QED) is 0.313. The molecule has 48 heavy (non-hydrogen) atoms. The Bertz CT molecular complexity index is 1810. The van der Waals surface area contributed by atoms with Crippen molar-refractivity contribution in [2.75, 3.05) is 24.6 Å². The standard InChI is InChI=1S/C36H43ClN4O6S/c1-3-28-8-4-5-9-32(45-20-34-39-38-23(2)47-34)29-13-10-26(29)19-41-21-36(16-6-7-24-17-27(37)12-14-30(24)36)22-46-33-15-11-25(18-31(33)41)35(42)40-48(28,43)44/h5,9,11-12,14-15,17-18,26,28-29,32H,3-4,6-8,10,13,16,19-22H2,1-2H3,(H,40,42)/b9-5-/t26-,28+,29+,32-,36-/m0/s1. The van der Waals surface area contributed by atoms with Gasteiger partial charge in [0.1, 0.15) is 12.4 Å². The fourth-order valence-corrected chi connectivity index (χ4v) is 9.66. The second kappa shape index (κ2) is 13.5. The van der Waals surface area contributed by atoms with Gasteiger partial charge >= 0.3 is 0 Å². The van der Waals surface area contributed by atoms with Crippen LogP contribution in [0.15, 0.2) is 53.0 Å². The van der Waals surface area contributed by atoms with E-state index in [2.05, 4.69) is 38.0 Å². The minimum absolute atomic E-state index is 0.198. The number of sulfonamides is 1. The fourth-order valence-electron chi connectivity index (χ4n) is 8.04. The number of carbonyl (C=O) groups excluding carboxylic acids is 1. The van der Waals surface area contributed by atoms with E-state index in [4.69, 9.17) is 25.5 Å². The van der Waals surface area contributed by atoms with Crippen LogP contribution in [-0.4, -0.2) is 55.6 Å². The van der Waals surface area contributed by atoms with Crippen molar-refractivity contribution in [1.82, 2.24) is 14.9 Å². The van der Waals surface area contributed by atoms with E-state index in [-0.39, 0.29) is 24.0 Å². The number of ether oxygens (including phenoxy) is 2. The average molecular weight is 695 g/mol. The molecular weight excluding hydrogens is 652 g/mol. The highest BCUT2D eigenvalue weighted by atomic mass is 35.5. The monoisotopic (exact) mass is 694 g/mol. The van der Waals surface area contributed by atoms with Gasteiger partial charge in [0.25, 0.3) is 5.91 Å². The molecule has 0 saturated heterocycles. The molecule has 0 unspecified atom stereocenters. The van der Waals surface area contributed by atoms with Gasteiger partial charge in [0, 0.05) is 36.0 Å². The van der Waals surface area contributed by atoms with Gasteiger partial charge in [0.15, 0.2) is 0 Å². The Hall–Kier alpha value is -3.41. The van der Waals surface area contributed by atoms with Gasteiger partial charge < -0.3 is 18.8 Å². The molecule has 1 spiro atoms. The number of hydrogen-bond acceptors (Lipinski definition) is 9. The van der Waals surface area contributed by atoms with E-state index >= 15 is 0 Å². The zero-order valence-electron chi connectivity index (χ0n) is 27.5. The lowest BCUT2D eigenvalue weighted by Crippen LogP contribution is -2.49. The molecule has 7 rings (SSSR count). The molecular formula is C36H43ClN4O6S. The van der Waals surface area contributed by atoms with Gasteiger partial charge in [0.05, 0.1) is 23.6 Å². The minimum Gasteiger partial charge on any atom is -0.490 e. The minimum atomic E-state index is -3.91. The number of aryl methyl sites for hydroxylation is 2. The third-order valence-corrected chi connectivity index (χ3v) is 12.9. The molecule has 2 aromatic carbocycles. The van der Waals surface area contributed by atoms with Gasteiger partial charge in [-0.3, -0.25) is 4.79 Å². The number of anilines is 1. The first-order valence-electron chi connectivity index (χ1n) is 17.1. The first-order valence-corrected chi connectivity index (χ1v) is 19.0. The van der Waals surface area contributed by atoms with Crippen LogP contribution in [0.2, 0.25) is 5.02 Å². The number of nitrogens with one attached hydrogen (secondary N) is 1. The number of allylic oxidation sites excluding steroid dienone is 1. The first kappa shape index (κ1) is 33.1. The van der Waals surface area contributed by atoms with Crippen LogP contribution in [0.4, 0.5) is 5.69 Å². The zero-order chi connectivity index (χ0) is 33.5. The summed E-state index contributed by atoms with van der Waals surface area (Å²) in [6, 6.07) is 11.5. The third kappa shape index (κ3) is 6.61. The van der Waals surface area contributed by atoms with Crippen molar-refractivity contribution in [3.8, 4) is 5.75 Å². The van der Waals surface area contributed by atoms with Gasteiger partial charge in [-0.1, -0.05) is 36.7 Å². The second-order valence-corrected chi connectivity index (χ2v) is 16.2. The van der Waals surface area contributed by atoms with Crippen LogP contribution in [0.3, 0.4) is 0 Å². The lowest BCUT2D eigenvalue weighted by Gasteiger charge is -2.46. The van der Waals surface area contributed by atoms with Crippen LogP contribution in [-0.2, 0) is 33.2 Å². The number of carbonyl (C=O) groups is 1. The van der Waals surface area contributed by atoms with Crippen LogP contribution in [0.1, 0.15) is 85.1 Å². The normalized spacial score (nSPS) is 29.1. The predicted molar refractivity (Wildman–Crippen MR) is 183 cm³/mol. The lowest BCUT2D eigenvalue weighted by atomic mass is 9.68. The maximum atomic E-state index is 13.5. The molecule has 4 aliphatic rings. The Balaban J connectivity index is 1.27. The largest absolute Gasteiger partial charge is 0.490 e. The number of amides is 1. The molecule has 1 N–H and O–H groups in total. The molecule has 2 bridgehead atoms.